The molecule has 1 atom stereocenters. The summed E-state index contributed by atoms with van der Waals surface area (Å²) in [5, 5.41) is 12.9. The smallest absolute Gasteiger partial charge is 0.234 e. The number of hydrogen-bond acceptors (Lipinski definition) is 6. The van der Waals surface area contributed by atoms with Gasteiger partial charge >= 0.3 is 0 Å². The van der Waals surface area contributed by atoms with Crippen molar-refractivity contribution in [2.24, 2.45) is 0 Å². The molecule has 3 heterocycles. The average Bonchev–Trinajstić information content (AvgIpc) is 3.45. The molecule has 0 aromatic carbocycles. The molecule has 3 aliphatic rings. The molecule has 7 nitrogen and oxygen atoms in total. The highest BCUT2D eigenvalue weighted by molar-refractivity contribution is 5.78. The largest absolute Gasteiger partial charge is 0.376 e. The summed E-state index contributed by atoms with van der Waals surface area (Å²) in [7, 11) is 0. The lowest BCUT2D eigenvalue weighted by atomic mass is 10.0. The Balaban J connectivity index is 1.36. The van der Waals surface area contributed by atoms with Crippen molar-refractivity contribution in [3.05, 3.63) is 22.4 Å². The maximum atomic E-state index is 12.3. The molecule has 2 aliphatic heterocycles. The third-order valence-electron chi connectivity index (χ3n) is 6.52. The quantitative estimate of drug-likeness (QED) is 0.737. The Kier molecular flexibility index (Phi) is 6.86. The van der Waals surface area contributed by atoms with Gasteiger partial charge in [-0.05, 0) is 49.7 Å². The first kappa shape index (κ1) is 21.1. The van der Waals surface area contributed by atoms with Crippen molar-refractivity contribution in [2.75, 3.05) is 50.8 Å². The van der Waals surface area contributed by atoms with E-state index in [1.807, 2.05) is 0 Å². The number of carbonyl (C=O) groups is 1. The van der Waals surface area contributed by atoms with Crippen molar-refractivity contribution in [1.82, 2.24) is 15.2 Å². The van der Waals surface area contributed by atoms with Crippen LogP contribution in [0, 0.1) is 11.3 Å². The van der Waals surface area contributed by atoms with Gasteiger partial charge in [-0.1, -0.05) is 13.3 Å². The van der Waals surface area contributed by atoms with Crippen molar-refractivity contribution in [3.63, 3.8) is 0 Å². The van der Waals surface area contributed by atoms with Gasteiger partial charge in [-0.3, -0.25) is 9.69 Å². The van der Waals surface area contributed by atoms with E-state index < -0.39 is 0 Å². The number of amides is 1. The molecule has 7 heteroatoms. The van der Waals surface area contributed by atoms with Crippen LogP contribution in [0.1, 0.15) is 55.0 Å². The van der Waals surface area contributed by atoms with Gasteiger partial charge in [0.05, 0.1) is 18.2 Å². The summed E-state index contributed by atoms with van der Waals surface area (Å²) in [6, 6.07) is 2.46. The molecule has 4 rings (SSSR count). The van der Waals surface area contributed by atoms with E-state index in [-0.39, 0.29) is 12.0 Å². The number of aryl methyl sites for hydroxylation is 1. The van der Waals surface area contributed by atoms with Crippen LogP contribution in [0.25, 0.3) is 0 Å². The van der Waals surface area contributed by atoms with Gasteiger partial charge in [0.25, 0.3) is 0 Å². The number of nitrogens with one attached hydrogen (secondary N) is 1. The predicted molar refractivity (Wildman–Crippen MR) is 116 cm³/mol. The number of ether oxygens (including phenoxy) is 1. The highest BCUT2D eigenvalue weighted by atomic mass is 16.5. The SMILES string of the molecule is CCCc1nc(N2CCN(CC(=O)NCC3CCCO3)CC2)c(C#N)c2c1CCC2. The molecule has 1 unspecified atom stereocenters. The zero-order valence-electron chi connectivity index (χ0n) is 18.1. The zero-order valence-corrected chi connectivity index (χ0v) is 18.1. The summed E-state index contributed by atoms with van der Waals surface area (Å²) < 4.78 is 5.57. The van der Waals surface area contributed by atoms with Crippen LogP contribution in [0.4, 0.5) is 5.82 Å². The first-order valence-corrected chi connectivity index (χ1v) is 11.5. The third-order valence-corrected chi connectivity index (χ3v) is 6.52. The van der Waals surface area contributed by atoms with Crippen molar-refractivity contribution in [3.8, 4) is 6.07 Å². The number of carbonyl (C=O) groups excluding carboxylic acids is 1. The minimum atomic E-state index is 0.0672. The van der Waals surface area contributed by atoms with Crippen LogP contribution >= 0.6 is 0 Å². The van der Waals surface area contributed by atoms with Crippen LogP contribution in [0.15, 0.2) is 0 Å². The molecule has 1 aromatic heterocycles. The first-order valence-electron chi connectivity index (χ1n) is 11.5. The molecule has 2 saturated heterocycles. The van der Waals surface area contributed by atoms with Crippen molar-refractivity contribution < 1.29 is 9.53 Å². The standard InChI is InChI=1S/C23H33N5O2/c1-2-5-21-19-8-3-7-18(19)20(14-24)23(26-21)28-11-9-27(10-12-28)16-22(29)25-15-17-6-4-13-30-17/h17H,2-13,15-16H2,1H3,(H,25,29). The predicted octanol–water partition coefficient (Wildman–Crippen LogP) is 1.81. The maximum Gasteiger partial charge on any atom is 0.234 e. The fourth-order valence-electron chi connectivity index (χ4n) is 4.92. The molecular formula is C23H33N5O2. The lowest BCUT2D eigenvalue weighted by molar-refractivity contribution is -0.122. The van der Waals surface area contributed by atoms with Crippen LogP contribution in [0.5, 0.6) is 0 Å². The molecule has 30 heavy (non-hydrogen) atoms. The Morgan fingerprint density at radius 2 is 2.03 bits per heavy atom. The number of nitriles is 1. The van der Waals surface area contributed by atoms with Gasteiger partial charge in [-0.25, -0.2) is 4.98 Å². The zero-order chi connectivity index (χ0) is 20.9. The number of anilines is 1. The van der Waals surface area contributed by atoms with Gasteiger partial charge in [0.1, 0.15) is 11.9 Å². The van der Waals surface area contributed by atoms with E-state index in [0.29, 0.717) is 13.1 Å². The number of piperazine rings is 1. The van der Waals surface area contributed by atoms with Crippen molar-refractivity contribution >= 4 is 11.7 Å². The van der Waals surface area contributed by atoms with E-state index in [0.717, 1.165) is 89.1 Å². The molecule has 0 radical (unpaired) electrons. The molecule has 1 N–H and O–H groups in total. The lowest BCUT2D eigenvalue weighted by Gasteiger charge is -2.36. The van der Waals surface area contributed by atoms with E-state index >= 15 is 0 Å². The number of hydrogen-bond donors (Lipinski definition) is 1. The van der Waals surface area contributed by atoms with Crippen molar-refractivity contribution in [2.45, 2.75) is 58.0 Å². The lowest BCUT2D eigenvalue weighted by Crippen LogP contribution is -2.50. The number of pyridine rings is 1. The van der Waals surface area contributed by atoms with Gasteiger partial charge in [0.2, 0.25) is 5.91 Å². The molecule has 0 spiro atoms. The number of aromatic nitrogens is 1. The summed E-state index contributed by atoms with van der Waals surface area (Å²) in [5.41, 5.74) is 4.54. The Hall–Kier alpha value is -2.17. The maximum absolute atomic E-state index is 12.3. The Bertz CT molecular complexity index is 805. The van der Waals surface area contributed by atoms with E-state index in [1.165, 1.54) is 16.8 Å². The molecule has 1 amide bonds. The van der Waals surface area contributed by atoms with E-state index in [2.05, 4.69) is 28.1 Å². The molecule has 2 fully saturated rings. The first-order chi connectivity index (χ1) is 14.7. The van der Waals surface area contributed by atoms with Gasteiger partial charge in [0.15, 0.2) is 0 Å². The van der Waals surface area contributed by atoms with Gasteiger partial charge in [-0.2, -0.15) is 5.26 Å². The van der Waals surface area contributed by atoms with E-state index in [4.69, 9.17) is 9.72 Å². The average molecular weight is 412 g/mol. The van der Waals surface area contributed by atoms with Crippen LogP contribution in [0.2, 0.25) is 0 Å². The molecule has 0 saturated carbocycles. The summed E-state index contributed by atoms with van der Waals surface area (Å²) in [4.78, 5) is 21.7. The second kappa shape index (κ2) is 9.76. The number of fused-ring (bicyclic) bond motifs is 1. The number of nitrogens with zero attached hydrogens (tertiary/aromatic N) is 4. The van der Waals surface area contributed by atoms with Gasteiger partial charge in [0, 0.05) is 45.0 Å². The van der Waals surface area contributed by atoms with Gasteiger partial charge < -0.3 is 15.0 Å². The summed E-state index contributed by atoms with van der Waals surface area (Å²) in [5.74, 6) is 0.932. The normalized spacial score (nSPS) is 21.5. The summed E-state index contributed by atoms with van der Waals surface area (Å²) >= 11 is 0. The second-order valence-electron chi connectivity index (χ2n) is 8.63. The highest BCUT2D eigenvalue weighted by Crippen LogP contribution is 2.33. The molecular weight excluding hydrogens is 378 g/mol. The second-order valence-corrected chi connectivity index (χ2v) is 8.63. The fourth-order valence-corrected chi connectivity index (χ4v) is 4.92. The highest BCUT2D eigenvalue weighted by Gasteiger charge is 2.28. The minimum Gasteiger partial charge on any atom is -0.376 e. The minimum absolute atomic E-state index is 0.0672. The van der Waals surface area contributed by atoms with E-state index in [9.17, 15) is 10.1 Å². The van der Waals surface area contributed by atoms with Crippen LogP contribution in [-0.4, -0.2) is 67.8 Å². The molecule has 0 bridgehead atoms. The number of rotatable bonds is 7. The third kappa shape index (κ3) is 4.60. The van der Waals surface area contributed by atoms with E-state index in [1.54, 1.807) is 0 Å². The van der Waals surface area contributed by atoms with Crippen molar-refractivity contribution in [1.29, 1.82) is 5.26 Å². The molecule has 1 aliphatic carbocycles. The Labute approximate surface area is 179 Å². The monoisotopic (exact) mass is 411 g/mol. The topological polar surface area (TPSA) is 81.5 Å². The molecule has 162 valence electrons. The Morgan fingerprint density at radius 1 is 1.23 bits per heavy atom. The fraction of sp³-hybridized carbons (Fsp3) is 0.696. The van der Waals surface area contributed by atoms with Crippen LogP contribution in [-0.2, 0) is 28.8 Å². The summed E-state index contributed by atoms with van der Waals surface area (Å²) in [6.45, 7) is 7.23. The van der Waals surface area contributed by atoms with Crippen LogP contribution in [0.3, 0.4) is 0 Å². The van der Waals surface area contributed by atoms with Gasteiger partial charge in [-0.15, -0.1) is 0 Å². The summed E-state index contributed by atoms with van der Waals surface area (Å²) in [6.07, 6.45) is 7.53. The van der Waals surface area contributed by atoms with Crippen LogP contribution < -0.4 is 10.2 Å². The molecule has 1 aromatic rings. The Morgan fingerprint density at radius 3 is 2.73 bits per heavy atom.